The summed E-state index contributed by atoms with van der Waals surface area (Å²) >= 11 is 11.0. The molecule has 6 nitrogen and oxygen atoms in total. The number of rotatable bonds is 4. The molecule has 0 radical (unpaired) electrons. The van der Waals surface area contributed by atoms with Gasteiger partial charge in [-0.3, -0.25) is 25.4 Å². The second-order valence-electron chi connectivity index (χ2n) is 4.78. The van der Waals surface area contributed by atoms with Gasteiger partial charge < -0.3 is 5.32 Å². The van der Waals surface area contributed by atoms with E-state index in [0.29, 0.717) is 17.0 Å². The van der Waals surface area contributed by atoms with E-state index in [2.05, 4.69) is 21.2 Å². The van der Waals surface area contributed by atoms with Crippen LogP contribution in [0.15, 0.2) is 48.8 Å². The quantitative estimate of drug-likeness (QED) is 0.572. The average molecular weight is 363 g/mol. The third kappa shape index (κ3) is 5.60. The summed E-state index contributed by atoms with van der Waals surface area (Å²) in [7, 11) is 0. The molecule has 3 N–H and O–H groups in total. The number of hydrogen-bond donors (Lipinski definition) is 3. The molecule has 2 amide bonds. The standard InChI is InChI=1S/C16H15ClN4O2S/c17-13-4-2-1-3-11(13)5-6-14(22)19-16(24)21-20-15(23)12-7-9-18-10-8-12/h1-4,7-10H,5-6H2,(H,20,23)(H2,19,21,22,24). The first-order valence-corrected chi connectivity index (χ1v) is 7.88. The molecular weight excluding hydrogens is 348 g/mol. The number of carbonyl (C=O) groups is 2. The van der Waals surface area contributed by atoms with Crippen molar-refractivity contribution >= 4 is 40.7 Å². The van der Waals surface area contributed by atoms with Crippen molar-refractivity contribution in [1.82, 2.24) is 21.2 Å². The summed E-state index contributed by atoms with van der Waals surface area (Å²) in [4.78, 5) is 27.5. The van der Waals surface area contributed by atoms with Crippen molar-refractivity contribution in [1.29, 1.82) is 0 Å². The predicted molar refractivity (Wildman–Crippen MR) is 95.4 cm³/mol. The molecule has 24 heavy (non-hydrogen) atoms. The first-order valence-electron chi connectivity index (χ1n) is 7.10. The number of hydrogen-bond acceptors (Lipinski definition) is 4. The number of thiocarbonyl (C=S) groups is 1. The number of hydrazine groups is 1. The summed E-state index contributed by atoms with van der Waals surface area (Å²) in [6.07, 6.45) is 3.73. The monoisotopic (exact) mass is 362 g/mol. The first kappa shape index (κ1) is 17.8. The molecule has 0 atom stereocenters. The van der Waals surface area contributed by atoms with Crippen molar-refractivity contribution in [3.8, 4) is 0 Å². The van der Waals surface area contributed by atoms with Gasteiger partial charge in [0.15, 0.2) is 5.11 Å². The number of halogens is 1. The van der Waals surface area contributed by atoms with Crippen LogP contribution in [-0.2, 0) is 11.2 Å². The Morgan fingerprint density at radius 1 is 1.08 bits per heavy atom. The van der Waals surface area contributed by atoms with Crippen molar-refractivity contribution in [2.24, 2.45) is 0 Å². The molecule has 0 saturated heterocycles. The molecule has 8 heteroatoms. The molecule has 2 rings (SSSR count). The Balaban J connectivity index is 1.73. The van der Waals surface area contributed by atoms with E-state index in [1.165, 1.54) is 12.4 Å². The highest BCUT2D eigenvalue weighted by Crippen LogP contribution is 2.16. The zero-order valence-corrected chi connectivity index (χ0v) is 14.2. The molecule has 0 aliphatic carbocycles. The molecular formula is C16H15ClN4O2S. The number of nitrogens with zero attached hydrogens (tertiary/aromatic N) is 1. The topological polar surface area (TPSA) is 83.1 Å². The highest BCUT2D eigenvalue weighted by molar-refractivity contribution is 7.80. The summed E-state index contributed by atoms with van der Waals surface area (Å²) in [5, 5.41) is 3.12. The van der Waals surface area contributed by atoms with Crippen LogP contribution < -0.4 is 16.2 Å². The lowest BCUT2D eigenvalue weighted by molar-refractivity contribution is -0.119. The van der Waals surface area contributed by atoms with Gasteiger partial charge in [-0.25, -0.2) is 0 Å². The van der Waals surface area contributed by atoms with Crippen molar-refractivity contribution in [2.75, 3.05) is 0 Å². The van der Waals surface area contributed by atoms with Gasteiger partial charge >= 0.3 is 0 Å². The SMILES string of the molecule is O=C(CCc1ccccc1Cl)NC(=S)NNC(=O)c1ccncc1. The van der Waals surface area contributed by atoms with Crippen LogP contribution in [0.3, 0.4) is 0 Å². The van der Waals surface area contributed by atoms with Crippen molar-refractivity contribution in [3.05, 3.63) is 64.9 Å². The zero-order chi connectivity index (χ0) is 17.4. The highest BCUT2D eigenvalue weighted by atomic mass is 35.5. The Hall–Kier alpha value is -2.51. The Bertz CT molecular complexity index is 740. The van der Waals surface area contributed by atoms with E-state index < -0.39 is 0 Å². The van der Waals surface area contributed by atoms with Gasteiger partial charge in [-0.05, 0) is 42.4 Å². The van der Waals surface area contributed by atoms with Gasteiger partial charge in [0.1, 0.15) is 0 Å². The van der Waals surface area contributed by atoms with Gasteiger partial charge in [0.2, 0.25) is 5.91 Å². The number of nitrogens with one attached hydrogen (secondary N) is 3. The second-order valence-corrected chi connectivity index (χ2v) is 5.60. The lowest BCUT2D eigenvalue weighted by Gasteiger charge is -2.11. The molecule has 1 heterocycles. The van der Waals surface area contributed by atoms with Crippen LogP contribution in [0.5, 0.6) is 0 Å². The highest BCUT2D eigenvalue weighted by Gasteiger charge is 2.08. The lowest BCUT2D eigenvalue weighted by Crippen LogP contribution is -2.48. The average Bonchev–Trinajstić information content (AvgIpc) is 2.59. The number of benzene rings is 1. The largest absolute Gasteiger partial charge is 0.302 e. The van der Waals surface area contributed by atoms with E-state index in [4.69, 9.17) is 23.8 Å². The summed E-state index contributed by atoms with van der Waals surface area (Å²) < 4.78 is 0. The zero-order valence-electron chi connectivity index (χ0n) is 12.6. The van der Waals surface area contributed by atoms with E-state index in [0.717, 1.165) is 5.56 Å². The van der Waals surface area contributed by atoms with Gasteiger partial charge in [-0.2, -0.15) is 0 Å². The number of aryl methyl sites for hydroxylation is 1. The van der Waals surface area contributed by atoms with E-state index in [1.807, 2.05) is 18.2 Å². The van der Waals surface area contributed by atoms with Crippen molar-refractivity contribution in [3.63, 3.8) is 0 Å². The molecule has 0 fully saturated rings. The second kappa shape index (κ2) is 8.95. The molecule has 0 aliphatic rings. The van der Waals surface area contributed by atoms with E-state index in [-0.39, 0.29) is 23.3 Å². The van der Waals surface area contributed by atoms with Gasteiger partial charge in [0, 0.05) is 29.4 Å². The van der Waals surface area contributed by atoms with Gasteiger partial charge in [-0.1, -0.05) is 29.8 Å². The fourth-order valence-electron chi connectivity index (χ4n) is 1.86. The van der Waals surface area contributed by atoms with Crippen LogP contribution in [0, 0.1) is 0 Å². The predicted octanol–water partition coefficient (Wildman–Crippen LogP) is 2.00. The Morgan fingerprint density at radius 3 is 2.50 bits per heavy atom. The fraction of sp³-hybridized carbons (Fsp3) is 0.125. The molecule has 0 unspecified atom stereocenters. The Morgan fingerprint density at radius 2 is 1.79 bits per heavy atom. The molecule has 0 spiro atoms. The van der Waals surface area contributed by atoms with Gasteiger partial charge in [-0.15, -0.1) is 0 Å². The minimum Gasteiger partial charge on any atom is -0.302 e. The molecule has 124 valence electrons. The number of pyridine rings is 1. The minimum atomic E-state index is -0.384. The Kier molecular flexibility index (Phi) is 6.65. The molecule has 2 aromatic rings. The van der Waals surface area contributed by atoms with Crippen LogP contribution >= 0.6 is 23.8 Å². The third-order valence-corrected chi connectivity index (χ3v) is 3.64. The third-order valence-electron chi connectivity index (χ3n) is 3.06. The summed E-state index contributed by atoms with van der Waals surface area (Å²) in [5.74, 6) is -0.657. The maximum atomic E-state index is 11.9. The van der Waals surface area contributed by atoms with Crippen molar-refractivity contribution in [2.45, 2.75) is 12.8 Å². The van der Waals surface area contributed by atoms with Crippen LogP contribution in [-0.4, -0.2) is 21.9 Å². The number of amides is 2. The smallest absolute Gasteiger partial charge is 0.269 e. The fourth-order valence-corrected chi connectivity index (χ4v) is 2.25. The van der Waals surface area contributed by atoms with Crippen LogP contribution in [0.25, 0.3) is 0 Å². The first-order chi connectivity index (χ1) is 11.6. The van der Waals surface area contributed by atoms with Crippen molar-refractivity contribution < 1.29 is 9.59 Å². The van der Waals surface area contributed by atoms with Gasteiger partial charge in [0.05, 0.1) is 0 Å². The molecule has 0 aliphatic heterocycles. The van der Waals surface area contributed by atoms with Crippen LogP contribution in [0.1, 0.15) is 22.3 Å². The Labute approximate surface area is 149 Å². The van der Waals surface area contributed by atoms with Gasteiger partial charge in [0.25, 0.3) is 5.91 Å². The molecule has 0 bridgehead atoms. The number of carbonyl (C=O) groups excluding carboxylic acids is 2. The minimum absolute atomic E-state index is 0.0153. The van der Waals surface area contributed by atoms with E-state index >= 15 is 0 Å². The summed E-state index contributed by atoms with van der Waals surface area (Å²) in [6, 6.07) is 10.4. The molecule has 0 saturated carbocycles. The van der Waals surface area contributed by atoms with E-state index in [9.17, 15) is 9.59 Å². The van der Waals surface area contributed by atoms with Crippen LogP contribution in [0.2, 0.25) is 5.02 Å². The lowest BCUT2D eigenvalue weighted by atomic mass is 10.1. The molecule has 1 aromatic carbocycles. The maximum Gasteiger partial charge on any atom is 0.269 e. The van der Waals surface area contributed by atoms with E-state index in [1.54, 1.807) is 18.2 Å². The summed E-state index contributed by atoms with van der Waals surface area (Å²) in [5.41, 5.74) is 6.18. The number of aromatic nitrogens is 1. The summed E-state index contributed by atoms with van der Waals surface area (Å²) in [6.45, 7) is 0. The maximum absolute atomic E-state index is 11.9. The van der Waals surface area contributed by atoms with Crippen LogP contribution in [0.4, 0.5) is 0 Å². The normalized spacial score (nSPS) is 9.88. The molecule has 1 aromatic heterocycles.